The summed E-state index contributed by atoms with van der Waals surface area (Å²) in [5.41, 5.74) is -2.52. The van der Waals surface area contributed by atoms with E-state index >= 15 is 0 Å². The Morgan fingerprint density at radius 3 is 2.42 bits per heavy atom. The molecule has 0 aliphatic heterocycles. The first-order valence-corrected chi connectivity index (χ1v) is 7.83. The first-order chi connectivity index (χ1) is 5.02. The second-order valence-electron chi connectivity index (χ2n) is 2.21. The summed E-state index contributed by atoms with van der Waals surface area (Å²) < 4.78 is 5.05. The van der Waals surface area contributed by atoms with Gasteiger partial charge in [0.1, 0.15) is 0 Å². The Bertz CT molecular complexity index is 156. The van der Waals surface area contributed by atoms with Gasteiger partial charge in [0, 0.05) is 56.6 Å². The molecule has 2 unspecified atom stereocenters. The minimum absolute atomic E-state index is 0. The van der Waals surface area contributed by atoms with Crippen molar-refractivity contribution in [1.29, 1.82) is 0 Å². The van der Waals surface area contributed by atoms with Crippen molar-refractivity contribution in [3.63, 3.8) is 0 Å². The van der Waals surface area contributed by atoms with Gasteiger partial charge < -0.3 is 9.42 Å². The quantitative estimate of drug-likeness (QED) is 0.602. The molecule has 0 fully saturated rings. The minimum atomic E-state index is -2.52. The van der Waals surface area contributed by atoms with Gasteiger partial charge in [-0.3, -0.25) is 0 Å². The SMILES string of the molecule is CCOP(O)(=S)SC(C)CC.[K]. The van der Waals surface area contributed by atoms with Crippen molar-refractivity contribution in [3.8, 4) is 0 Å². The molecule has 1 radical (unpaired) electrons. The van der Waals surface area contributed by atoms with E-state index in [1.165, 1.54) is 11.4 Å². The predicted molar refractivity (Wildman–Crippen MR) is 61.2 cm³/mol. The van der Waals surface area contributed by atoms with Crippen LogP contribution < -0.4 is 0 Å². The molecular formula is C6H15KO2PS2. The van der Waals surface area contributed by atoms with Crippen LogP contribution in [-0.4, -0.2) is 68.1 Å². The molecular weight excluding hydrogens is 238 g/mol. The smallest absolute Gasteiger partial charge is 0.244 e. The first kappa shape index (κ1) is 17.0. The van der Waals surface area contributed by atoms with Crippen LogP contribution in [0.15, 0.2) is 0 Å². The Kier molecular flexibility index (Phi) is 12.5. The molecule has 0 saturated heterocycles. The van der Waals surface area contributed by atoms with Crippen LogP contribution in [-0.2, 0) is 16.3 Å². The monoisotopic (exact) mass is 253 g/mol. The zero-order valence-electron chi connectivity index (χ0n) is 8.11. The van der Waals surface area contributed by atoms with Crippen LogP contribution in [0.5, 0.6) is 0 Å². The van der Waals surface area contributed by atoms with E-state index in [1.807, 2.05) is 13.8 Å². The van der Waals surface area contributed by atoms with E-state index in [9.17, 15) is 4.89 Å². The third-order valence-corrected chi connectivity index (χ3v) is 6.01. The van der Waals surface area contributed by atoms with E-state index < -0.39 is 5.69 Å². The van der Waals surface area contributed by atoms with E-state index in [-0.39, 0.29) is 51.4 Å². The maximum absolute atomic E-state index is 9.48. The van der Waals surface area contributed by atoms with Gasteiger partial charge in [-0.1, -0.05) is 25.2 Å². The maximum Gasteiger partial charge on any atom is 0.244 e. The molecule has 0 spiro atoms. The summed E-state index contributed by atoms with van der Waals surface area (Å²) in [6.07, 6.45) is 1.01. The van der Waals surface area contributed by atoms with Gasteiger partial charge in [-0.25, -0.2) is 0 Å². The summed E-state index contributed by atoms with van der Waals surface area (Å²) in [6.45, 7) is 6.45. The fourth-order valence-corrected chi connectivity index (χ4v) is 5.44. The molecule has 0 aromatic heterocycles. The topological polar surface area (TPSA) is 29.5 Å². The van der Waals surface area contributed by atoms with Crippen molar-refractivity contribution in [3.05, 3.63) is 0 Å². The van der Waals surface area contributed by atoms with E-state index in [0.717, 1.165) is 6.42 Å². The molecule has 0 aliphatic rings. The zero-order valence-corrected chi connectivity index (χ0v) is 13.8. The predicted octanol–water partition coefficient (Wildman–Crippen LogP) is 2.39. The molecule has 2 nitrogen and oxygen atoms in total. The van der Waals surface area contributed by atoms with Crippen molar-refractivity contribution >= 4 is 80.3 Å². The number of hydrogen-bond donors (Lipinski definition) is 1. The van der Waals surface area contributed by atoms with E-state index in [4.69, 9.17) is 16.3 Å². The first-order valence-electron chi connectivity index (χ1n) is 3.67. The summed E-state index contributed by atoms with van der Waals surface area (Å²) in [7, 11) is 0. The molecule has 1 N–H and O–H groups in total. The van der Waals surface area contributed by atoms with Gasteiger partial charge in [-0.05, 0) is 25.2 Å². The Labute approximate surface area is 127 Å². The Morgan fingerprint density at radius 2 is 2.08 bits per heavy atom. The van der Waals surface area contributed by atoms with Crippen LogP contribution in [0, 0.1) is 0 Å². The van der Waals surface area contributed by atoms with Gasteiger partial charge in [0.25, 0.3) is 0 Å². The normalized spacial score (nSPS) is 17.7. The van der Waals surface area contributed by atoms with Crippen molar-refractivity contribution in [2.24, 2.45) is 0 Å². The van der Waals surface area contributed by atoms with Gasteiger partial charge in [-0.15, -0.1) is 0 Å². The van der Waals surface area contributed by atoms with Crippen molar-refractivity contribution in [2.75, 3.05) is 6.61 Å². The molecule has 69 valence electrons. The molecule has 0 amide bonds. The maximum atomic E-state index is 9.48. The zero-order chi connectivity index (χ0) is 8.91. The summed E-state index contributed by atoms with van der Waals surface area (Å²) in [6, 6.07) is 0. The van der Waals surface area contributed by atoms with Crippen LogP contribution in [0.1, 0.15) is 27.2 Å². The van der Waals surface area contributed by atoms with Crippen LogP contribution in [0.2, 0.25) is 0 Å². The van der Waals surface area contributed by atoms with Gasteiger partial charge in [0.2, 0.25) is 5.69 Å². The van der Waals surface area contributed by atoms with Crippen LogP contribution >= 0.6 is 17.1 Å². The molecule has 0 heterocycles. The Morgan fingerprint density at radius 1 is 1.58 bits per heavy atom. The molecule has 0 rings (SSSR count). The molecule has 0 saturated carbocycles. The summed E-state index contributed by atoms with van der Waals surface area (Å²) in [5.74, 6) is 0. The molecule has 2 atom stereocenters. The van der Waals surface area contributed by atoms with E-state index in [2.05, 4.69) is 6.92 Å². The van der Waals surface area contributed by atoms with Gasteiger partial charge in [-0.2, -0.15) is 0 Å². The molecule has 6 heteroatoms. The Hall–Kier alpha value is 2.56. The largest absolute Gasteiger partial charge is 0.337 e. The molecule has 0 bridgehead atoms. The third-order valence-electron chi connectivity index (χ3n) is 1.18. The third kappa shape index (κ3) is 9.12. The summed E-state index contributed by atoms with van der Waals surface area (Å²) in [4.78, 5) is 9.48. The number of rotatable bonds is 5. The standard InChI is InChI=1S/C6H15O2PS2.K/c1-4-6(3)11-9(7,10)8-5-2;/h6H,4-5H2,1-3H3,(H,7,10);. The molecule has 0 aromatic rings. The second kappa shape index (κ2) is 8.83. The molecule has 0 aromatic carbocycles. The van der Waals surface area contributed by atoms with Gasteiger partial charge >= 0.3 is 0 Å². The van der Waals surface area contributed by atoms with Crippen LogP contribution in [0.3, 0.4) is 0 Å². The fourth-order valence-electron chi connectivity index (χ4n) is 0.496. The summed E-state index contributed by atoms with van der Waals surface area (Å²) in [5, 5.41) is 0.386. The fraction of sp³-hybridized carbons (Fsp3) is 1.00. The van der Waals surface area contributed by atoms with Gasteiger partial charge in [0.15, 0.2) is 0 Å². The van der Waals surface area contributed by atoms with E-state index in [0.29, 0.717) is 11.9 Å². The van der Waals surface area contributed by atoms with Crippen molar-refractivity contribution < 1.29 is 9.42 Å². The number of hydrogen-bond acceptors (Lipinski definition) is 3. The average molecular weight is 253 g/mol. The molecule has 12 heavy (non-hydrogen) atoms. The van der Waals surface area contributed by atoms with Crippen LogP contribution in [0.4, 0.5) is 0 Å². The minimum Gasteiger partial charge on any atom is -0.337 e. The van der Waals surface area contributed by atoms with E-state index in [1.54, 1.807) is 0 Å². The summed E-state index contributed by atoms with van der Waals surface area (Å²) >= 11 is 6.28. The Balaban J connectivity index is 0. The van der Waals surface area contributed by atoms with Crippen molar-refractivity contribution in [1.82, 2.24) is 0 Å². The van der Waals surface area contributed by atoms with Crippen molar-refractivity contribution in [2.45, 2.75) is 32.4 Å². The second-order valence-corrected chi connectivity index (χ2v) is 8.72. The van der Waals surface area contributed by atoms with Crippen LogP contribution in [0.25, 0.3) is 0 Å². The van der Waals surface area contributed by atoms with Gasteiger partial charge in [0.05, 0.1) is 6.61 Å². The molecule has 0 aliphatic carbocycles. The average Bonchev–Trinajstić information content (AvgIpc) is 1.86.